The summed E-state index contributed by atoms with van der Waals surface area (Å²) in [7, 11) is 0. The molecule has 0 aliphatic heterocycles. The van der Waals surface area contributed by atoms with Crippen LogP contribution in [0.25, 0.3) is 0 Å². The van der Waals surface area contributed by atoms with Gasteiger partial charge in [-0.25, -0.2) is 4.79 Å². The van der Waals surface area contributed by atoms with E-state index in [1.165, 1.54) is 6.92 Å². The molecule has 4 unspecified atom stereocenters. The Hall–Kier alpha value is -2.28. The number of carbonyl (C=O) groups is 4. The van der Waals surface area contributed by atoms with E-state index in [1.807, 2.05) is 0 Å². The Kier molecular flexibility index (Phi) is 14.4. The van der Waals surface area contributed by atoms with E-state index in [4.69, 9.17) is 17.2 Å². The van der Waals surface area contributed by atoms with Crippen molar-refractivity contribution in [1.29, 1.82) is 0 Å². The summed E-state index contributed by atoms with van der Waals surface area (Å²) in [6, 6.07) is -3.55. The normalized spacial score (nSPS) is 14.8. The molecule has 0 heterocycles. The highest BCUT2D eigenvalue weighted by Crippen LogP contribution is 2.05. The second-order valence-electron chi connectivity index (χ2n) is 7.02. The first-order chi connectivity index (χ1) is 14.2. The van der Waals surface area contributed by atoms with Gasteiger partial charge in [0.2, 0.25) is 17.7 Å². The summed E-state index contributed by atoms with van der Waals surface area (Å²) >= 11 is 0. The molecule has 3 amide bonds. The Bertz CT molecular complexity index is 559. The van der Waals surface area contributed by atoms with Gasteiger partial charge in [0.25, 0.3) is 0 Å². The van der Waals surface area contributed by atoms with Crippen LogP contribution in [-0.4, -0.2) is 77.8 Å². The van der Waals surface area contributed by atoms with Crippen LogP contribution in [0.1, 0.15) is 45.4 Å². The number of hydrogen-bond acceptors (Lipinski definition) is 8. The molecule has 12 nitrogen and oxygen atoms in total. The van der Waals surface area contributed by atoms with Gasteiger partial charge in [0.15, 0.2) is 0 Å². The number of nitrogens with one attached hydrogen (secondary N) is 3. The van der Waals surface area contributed by atoms with Gasteiger partial charge < -0.3 is 43.4 Å². The molecule has 0 aromatic rings. The van der Waals surface area contributed by atoms with Gasteiger partial charge in [-0.1, -0.05) is 0 Å². The lowest BCUT2D eigenvalue weighted by Crippen LogP contribution is -2.59. The van der Waals surface area contributed by atoms with Gasteiger partial charge in [-0.2, -0.15) is 0 Å². The summed E-state index contributed by atoms with van der Waals surface area (Å²) < 4.78 is 0. The summed E-state index contributed by atoms with van der Waals surface area (Å²) in [4.78, 5) is 48.2. The van der Waals surface area contributed by atoms with Crippen molar-refractivity contribution >= 4 is 23.7 Å². The van der Waals surface area contributed by atoms with Crippen LogP contribution in [-0.2, 0) is 19.2 Å². The lowest BCUT2D eigenvalue weighted by molar-refractivity contribution is -0.143. The molecule has 0 aromatic heterocycles. The molecule has 0 spiro atoms. The molecule has 12 heteroatoms. The van der Waals surface area contributed by atoms with Crippen molar-refractivity contribution in [2.24, 2.45) is 17.2 Å². The highest BCUT2D eigenvalue weighted by Gasteiger charge is 2.31. The van der Waals surface area contributed by atoms with E-state index in [1.54, 1.807) is 0 Å². The maximum atomic E-state index is 12.6. The van der Waals surface area contributed by atoms with Crippen molar-refractivity contribution < 1.29 is 29.4 Å². The predicted molar refractivity (Wildman–Crippen MR) is 110 cm³/mol. The van der Waals surface area contributed by atoms with Crippen LogP contribution in [0, 0.1) is 0 Å². The van der Waals surface area contributed by atoms with Crippen LogP contribution in [0.15, 0.2) is 0 Å². The van der Waals surface area contributed by atoms with Gasteiger partial charge >= 0.3 is 5.97 Å². The molecule has 0 saturated carbocycles. The Morgan fingerprint density at radius 1 is 0.800 bits per heavy atom. The second kappa shape index (κ2) is 15.5. The van der Waals surface area contributed by atoms with Crippen molar-refractivity contribution in [3.63, 3.8) is 0 Å². The molecular weight excluding hydrogens is 396 g/mol. The van der Waals surface area contributed by atoms with E-state index >= 15 is 0 Å². The number of unbranched alkanes of at least 4 members (excludes halogenated alkanes) is 2. The SMILES string of the molecule is CC(O)C(NC(=O)C(CCCCN)NC(=O)CN)C(=O)NC(CCCCN)C(=O)O. The molecule has 174 valence electrons. The van der Waals surface area contributed by atoms with Crippen molar-refractivity contribution in [3.8, 4) is 0 Å². The molecule has 0 saturated heterocycles. The van der Waals surface area contributed by atoms with E-state index in [0.717, 1.165) is 0 Å². The van der Waals surface area contributed by atoms with Crippen LogP contribution in [0.5, 0.6) is 0 Å². The molecule has 4 atom stereocenters. The van der Waals surface area contributed by atoms with Crippen molar-refractivity contribution in [2.75, 3.05) is 19.6 Å². The molecule has 0 radical (unpaired) electrons. The van der Waals surface area contributed by atoms with E-state index in [0.29, 0.717) is 38.8 Å². The Morgan fingerprint density at radius 3 is 1.77 bits per heavy atom. The minimum atomic E-state index is -1.40. The Morgan fingerprint density at radius 2 is 1.33 bits per heavy atom. The number of carboxylic acid groups (broad SMARTS) is 1. The lowest BCUT2D eigenvalue weighted by Gasteiger charge is -2.26. The first-order valence-electron chi connectivity index (χ1n) is 10.1. The quantitative estimate of drug-likeness (QED) is 0.117. The van der Waals surface area contributed by atoms with Crippen molar-refractivity contribution in [2.45, 2.75) is 69.7 Å². The van der Waals surface area contributed by atoms with E-state index in [2.05, 4.69) is 16.0 Å². The molecule has 0 bridgehead atoms. The predicted octanol–water partition coefficient (Wildman–Crippen LogP) is -2.88. The molecule has 0 rings (SSSR count). The summed E-state index contributed by atoms with van der Waals surface area (Å²) in [6.07, 6.45) is 1.39. The van der Waals surface area contributed by atoms with Crippen LogP contribution >= 0.6 is 0 Å². The number of rotatable bonds is 16. The monoisotopic (exact) mass is 432 g/mol. The van der Waals surface area contributed by atoms with Crippen LogP contribution in [0.3, 0.4) is 0 Å². The van der Waals surface area contributed by atoms with Crippen LogP contribution in [0.4, 0.5) is 0 Å². The first kappa shape index (κ1) is 27.7. The number of hydrogen-bond donors (Lipinski definition) is 8. The average molecular weight is 433 g/mol. The van der Waals surface area contributed by atoms with E-state index in [9.17, 15) is 29.4 Å². The molecule has 0 fully saturated rings. The van der Waals surface area contributed by atoms with Gasteiger partial charge in [0, 0.05) is 0 Å². The first-order valence-corrected chi connectivity index (χ1v) is 10.1. The van der Waals surface area contributed by atoms with Gasteiger partial charge in [0.1, 0.15) is 18.1 Å². The third-order valence-corrected chi connectivity index (χ3v) is 4.41. The number of aliphatic hydroxyl groups excluding tert-OH is 1. The van der Waals surface area contributed by atoms with Gasteiger partial charge in [-0.15, -0.1) is 0 Å². The highest BCUT2D eigenvalue weighted by molar-refractivity contribution is 5.93. The Labute approximate surface area is 176 Å². The molecule has 0 aliphatic carbocycles. The lowest BCUT2D eigenvalue weighted by atomic mass is 10.1. The fraction of sp³-hybridized carbons (Fsp3) is 0.778. The number of aliphatic carboxylic acids is 1. The van der Waals surface area contributed by atoms with Gasteiger partial charge in [-0.05, 0) is 58.5 Å². The van der Waals surface area contributed by atoms with Gasteiger partial charge in [0.05, 0.1) is 12.6 Å². The maximum Gasteiger partial charge on any atom is 0.326 e. The third kappa shape index (κ3) is 11.0. The zero-order chi connectivity index (χ0) is 23.1. The minimum Gasteiger partial charge on any atom is -0.480 e. The van der Waals surface area contributed by atoms with Crippen molar-refractivity contribution in [3.05, 3.63) is 0 Å². The van der Waals surface area contributed by atoms with Crippen molar-refractivity contribution in [1.82, 2.24) is 16.0 Å². The molecule has 30 heavy (non-hydrogen) atoms. The highest BCUT2D eigenvalue weighted by atomic mass is 16.4. The zero-order valence-electron chi connectivity index (χ0n) is 17.4. The minimum absolute atomic E-state index is 0.160. The van der Waals surface area contributed by atoms with Crippen LogP contribution < -0.4 is 33.2 Å². The van der Waals surface area contributed by atoms with Crippen LogP contribution in [0.2, 0.25) is 0 Å². The smallest absolute Gasteiger partial charge is 0.326 e. The average Bonchev–Trinajstić information content (AvgIpc) is 2.69. The summed E-state index contributed by atoms with van der Waals surface area (Å²) in [5.74, 6) is -3.31. The number of carbonyl (C=O) groups excluding carboxylic acids is 3. The molecule has 0 aliphatic rings. The summed E-state index contributed by atoms with van der Waals surface area (Å²) in [6.45, 7) is 1.78. The fourth-order valence-corrected chi connectivity index (χ4v) is 2.69. The maximum absolute atomic E-state index is 12.6. The second-order valence-corrected chi connectivity index (χ2v) is 7.02. The largest absolute Gasteiger partial charge is 0.480 e. The third-order valence-electron chi connectivity index (χ3n) is 4.41. The number of carboxylic acids is 1. The number of amides is 3. The molecule has 0 aromatic carbocycles. The number of aliphatic hydroxyl groups is 1. The fourth-order valence-electron chi connectivity index (χ4n) is 2.69. The standard InChI is InChI=1S/C18H36N6O6/c1-11(25)15(17(28)23-13(18(29)30)7-3-5-9-20)24-16(27)12(6-2-4-8-19)22-14(26)10-21/h11-13,15,25H,2-10,19-21H2,1H3,(H,22,26)(H,23,28)(H,24,27)(H,29,30). The summed E-state index contributed by atoms with van der Waals surface area (Å²) in [5, 5.41) is 26.4. The molecular formula is C18H36N6O6. The van der Waals surface area contributed by atoms with E-state index in [-0.39, 0.29) is 19.4 Å². The molecule has 11 N–H and O–H groups in total. The number of nitrogens with two attached hydrogens (primary N) is 3. The van der Waals surface area contributed by atoms with Gasteiger partial charge in [-0.3, -0.25) is 14.4 Å². The summed E-state index contributed by atoms with van der Waals surface area (Å²) in [5.41, 5.74) is 16.1. The van der Waals surface area contributed by atoms with E-state index < -0.39 is 47.9 Å². The topological polar surface area (TPSA) is 223 Å². The zero-order valence-corrected chi connectivity index (χ0v) is 17.4. The Balaban J connectivity index is 5.17.